The molecular weight excluding hydrogens is 425 g/mol. The molecular formula is C25H32NO5P. The second-order valence-electron chi connectivity index (χ2n) is 9.08. The van der Waals surface area contributed by atoms with Gasteiger partial charge in [0.25, 0.3) is 0 Å². The van der Waals surface area contributed by atoms with Crippen LogP contribution in [0.1, 0.15) is 66.9 Å². The van der Waals surface area contributed by atoms with Gasteiger partial charge in [0, 0.05) is 18.2 Å². The molecule has 3 N–H and O–H groups in total. The molecule has 2 aliphatic rings. The van der Waals surface area contributed by atoms with Crippen LogP contribution in [0.25, 0.3) is 0 Å². The lowest BCUT2D eigenvalue weighted by atomic mass is 9.91. The Hall–Kier alpha value is -1.98. The molecule has 6 nitrogen and oxygen atoms in total. The van der Waals surface area contributed by atoms with E-state index in [0.717, 1.165) is 66.5 Å². The number of carbonyl (C=O) groups is 1. The molecule has 0 spiro atoms. The fourth-order valence-electron chi connectivity index (χ4n) is 5.12. The number of hydrogen-bond acceptors (Lipinski definition) is 3. The third-order valence-corrected chi connectivity index (χ3v) is 7.48. The number of hydrogen-bond donors (Lipinski definition) is 3. The zero-order chi connectivity index (χ0) is 22.7. The lowest BCUT2D eigenvalue weighted by Crippen LogP contribution is -2.45. The first-order chi connectivity index (χ1) is 15.3. The number of aliphatic hydroxyl groups is 1. The largest absolute Gasteiger partial charge is 0.388 e. The monoisotopic (exact) mass is 457 g/mol. The van der Waals surface area contributed by atoms with Gasteiger partial charge in [-0.05, 0) is 73.3 Å². The lowest BCUT2D eigenvalue weighted by Gasteiger charge is -2.37. The van der Waals surface area contributed by atoms with Crippen molar-refractivity contribution in [3.05, 3.63) is 64.7 Å². The molecule has 0 saturated carbocycles. The SMILES string of the molecule is O=C1CCCC(Cc2cccc(CCP(=O)(O)O)c2)N1c1cccc2c1CCCCC2O. The number of nitrogens with zero attached hydrogens (tertiary/aromatic N) is 1. The van der Waals surface area contributed by atoms with Crippen molar-refractivity contribution in [1.29, 1.82) is 0 Å². The summed E-state index contributed by atoms with van der Waals surface area (Å²) in [5.41, 5.74) is 4.97. The van der Waals surface area contributed by atoms with Crippen molar-refractivity contribution in [2.75, 3.05) is 11.1 Å². The van der Waals surface area contributed by atoms with E-state index in [1.807, 2.05) is 47.4 Å². The van der Waals surface area contributed by atoms with E-state index >= 15 is 0 Å². The summed E-state index contributed by atoms with van der Waals surface area (Å²) in [6.07, 6.45) is 6.30. The molecule has 2 aromatic carbocycles. The van der Waals surface area contributed by atoms with Crippen LogP contribution in [0.5, 0.6) is 0 Å². The molecule has 0 bridgehead atoms. The van der Waals surface area contributed by atoms with Gasteiger partial charge in [-0.1, -0.05) is 42.8 Å². The number of aliphatic hydroxyl groups excluding tert-OH is 1. The van der Waals surface area contributed by atoms with E-state index in [1.165, 1.54) is 0 Å². The molecule has 0 radical (unpaired) electrons. The van der Waals surface area contributed by atoms with Crippen molar-refractivity contribution in [1.82, 2.24) is 0 Å². The van der Waals surface area contributed by atoms with Crippen molar-refractivity contribution in [3.63, 3.8) is 0 Å². The Balaban J connectivity index is 1.61. The number of benzene rings is 2. The average molecular weight is 458 g/mol. The van der Waals surface area contributed by atoms with Crippen LogP contribution in [-0.4, -0.2) is 33.0 Å². The van der Waals surface area contributed by atoms with Crippen LogP contribution < -0.4 is 4.90 Å². The Labute approximate surface area is 189 Å². The van der Waals surface area contributed by atoms with Crippen LogP contribution in [0.15, 0.2) is 42.5 Å². The Morgan fingerprint density at radius 2 is 1.75 bits per heavy atom. The highest BCUT2D eigenvalue weighted by Crippen LogP contribution is 2.38. The summed E-state index contributed by atoms with van der Waals surface area (Å²) in [6.45, 7) is 0. The summed E-state index contributed by atoms with van der Waals surface area (Å²) in [4.78, 5) is 33.4. The summed E-state index contributed by atoms with van der Waals surface area (Å²) >= 11 is 0. The van der Waals surface area contributed by atoms with Crippen molar-refractivity contribution in [2.24, 2.45) is 0 Å². The van der Waals surface area contributed by atoms with Crippen LogP contribution in [0.3, 0.4) is 0 Å². The third kappa shape index (κ3) is 5.49. The van der Waals surface area contributed by atoms with Gasteiger partial charge in [-0.2, -0.15) is 0 Å². The highest BCUT2D eigenvalue weighted by molar-refractivity contribution is 7.51. The second kappa shape index (κ2) is 9.88. The second-order valence-corrected chi connectivity index (χ2v) is 10.9. The molecule has 1 aliphatic carbocycles. The number of aryl methyl sites for hydroxylation is 1. The fourth-order valence-corrected chi connectivity index (χ4v) is 5.67. The number of anilines is 1. The smallest absolute Gasteiger partial charge is 0.325 e. The number of carbonyl (C=O) groups excluding carboxylic acids is 1. The minimum atomic E-state index is -4.03. The zero-order valence-electron chi connectivity index (χ0n) is 18.3. The molecule has 2 aromatic rings. The van der Waals surface area contributed by atoms with Crippen molar-refractivity contribution in [2.45, 2.75) is 69.9 Å². The van der Waals surface area contributed by atoms with E-state index in [0.29, 0.717) is 19.3 Å². The van der Waals surface area contributed by atoms with E-state index in [1.54, 1.807) is 0 Å². The minimum Gasteiger partial charge on any atom is -0.388 e. The van der Waals surface area contributed by atoms with E-state index < -0.39 is 13.7 Å². The molecule has 1 aliphatic heterocycles. The van der Waals surface area contributed by atoms with Gasteiger partial charge in [0.15, 0.2) is 0 Å². The average Bonchev–Trinajstić information content (AvgIpc) is 2.94. The van der Waals surface area contributed by atoms with Gasteiger partial charge in [-0.25, -0.2) is 0 Å². The standard InChI is InChI=1S/C25H32NO5P/c27-24-12-2-1-9-21-22(24)10-5-11-23(21)26-20(8-4-13-25(26)28)17-19-7-3-6-18(16-19)14-15-32(29,30)31/h3,5-7,10-11,16,20,24,27H,1-2,4,8-9,12-15,17H2,(H2,29,30,31). The highest BCUT2D eigenvalue weighted by atomic mass is 31.2. The van der Waals surface area contributed by atoms with Crippen LogP contribution >= 0.6 is 7.60 Å². The normalized spacial score (nSPS) is 21.8. The number of fused-ring (bicyclic) bond motifs is 1. The first-order valence-electron chi connectivity index (χ1n) is 11.6. The first-order valence-corrected chi connectivity index (χ1v) is 13.4. The van der Waals surface area contributed by atoms with Crippen molar-refractivity contribution in [3.8, 4) is 0 Å². The van der Waals surface area contributed by atoms with Crippen molar-refractivity contribution >= 4 is 19.2 Å². The van der Waals surface area contributed by atoms with Gasteiger partial charge >= 0.3 is 7.60 Å². The van der Waals surface area contributed by atoms with Gasteiger partial charge in [0.1, 0.15) is 0 Å². The molecule has 2 atom stereocenters. The molecule has 1 fully saturated rings. The number of amides is 1. The summed E-state index contributed by atoms with van der Waals surface area (Å²) in [5, 5.41) is 10.6. The van der Waals surface area contributed by atoms with E-state index in [4.69, 9.17) is 0 Å². The predicted molar refractivity (Wildman–Crippen MR) is 125 cm³/mol. The van der Waals surface area contributed by atoms with Crippen molar-refractivity contribution < 1.29 is 24.3 Å². The van der Waals surface area contributed by atoms with Crippen LogP contribution in [0, 0.1) is 0 Å². The molecule has 1 saturated heterocycles. The fraction of sp³-hybridized carbons (Fsp3) is 0.480. The Morgan fingerprint density at radius 1 is 0.969 bits per heavy atom. The topological polar surface area (TPSA) is 98.1 Å². The van der Waals surface area contributed by atoms with Crippen LogP contribution in [-0.2, 0) is 28.6 Å². The lowest BCUT2D eigenvalue weighted by molar-refractivity contribution is -0.120. The molecule has 4 rings (SSSR count). The van der Waals surface area contributed by atoms with Crippen LogP contribution in [0.4, 0.5) is 5.69 Å². The summed E-state index contributed by atoms with van der Waals surface area (Å²) in [6, 6.07) is 13.8. The molecule has 7 heteroatoms. The maximum Gasteiger partial charge on any atom is 0.325 e. The quantitative estimate of drug-likeness (QED) is 0.444. The first kappa shape index (κ1) is 23.2. The van der Waals surface area contributed by atoms with E-state index in [2.05, 4.69) is 0 Å². The summed E-state index contributed by atoms with van der Waals surface area (Å²) in [7, 11) is -4.03. The summed E-state index contributed by atoms with van der Waals surface area (Å²) in [5.74, 6) is 0.131. The van der Waals surface area contributed by atoms with E-state index in [9.17, 15) is 24.3 Å². The molecule has 0 aromatic heterocycles. The highest BCUT2D eigenvalue weighted by Gasteiger charge is 2.32. The van der Waals surface area contributed by atoms with Gasteiger partial charge < -0.3 is 19.8 Å². The zero-order valence-corrected chi connectivity index (χ0v) is 19.2. The molecule has 1 heterocycles. The Kier molecular flexibility index (Phi) is 7.16. The molecule has 2 unspecified atom stereocenters. The molecule has 1 amide bonds. The summed E-state index contributed by atoms with van der Waals surface area (Å²) < 4.78 is 11.2. The molecule has 32 heavy (non-hydrogen) atoms. The van der Waals surface area contributed by atoms with E-state index in [-0.39, 0.29) is 18.1 Å². The van der Waals surface area contributed by atoms with Gasteiger partial charge in [-0.3, -0.25) is 9.36 Å². The number of piperidine rings is 1. The van der Waals surface area contributed by atoms with Gasteiger partial charge in [-0.15, -0.1) is 0 Å². The predicted octanol–water partition coefficient (Wildman–Crippen LogP) is 4.29. The minimum absolute atomic E-state index is 0.0279. The maximum atomic E-state index is 13.1. The third-order valence-electron chi connectivity index (χ3n) is 6.68. The Morgan fingerprint density at radius 3 is 2.56 bits per heavy atom. The maximum absolute atomic E-state index is 13.1. The number of rotatable bonds is 6. The Bertz CT molecular complexity index is 1020. The van der Waals surface area contributed by atoms with Gasteiger partial charge in [0.05, 0.1) is 12.3 Å². The van der Waals surface area contributed by atoms with Crippen LogP contribution in [0.2, 0.25) is 0 Å². The van der Waals surface area contributed by atoms with Gasteiger partial charge in [0.2, 0.25) is 5.91 Å². The molecule has 172 valence electrons.